The Morgan fingerprint density at radius 2 is 2.00 bits per heavy atom. The Morgan fingerprint density at radius 3 is 2.64 bits per heavy atom. The van der Waals surface area contributed by atoms with Gasteiger partial charge in [-0.25, -0.2) is 0 Å². The molecule has 3 heterocycles. The molecule has 1 spiro atoms. The molecule has 3 aliphatic rings. The van der Waals surface area contributed by atoms with E-state index in [2.05, 4.69) is 19.6 Å². The van der Waals surface area contributed by atoms with Crippen LogP contribution < -0.4 is 16.0 Å². The first-order valence-electron chi connectivity index (χ1n) is 8.02. The average Bonchev–Trinajstić information content (AvgIpc) is 3.05. The molecule has 0 radical (unpaired) electrons. The van der Waals surface area contributed by atoms with Gasteiger partial charge in [0.2, 0.25) is 17.0 Å². The molecule has 120 valence electrons. The fourth-order valence-electron chi connectivity index (χ4n) is 3.87. The number of piperazine rings is 1. The number of piperidine rings is 1. The summed E-state index contributed by atoms with van der Waals surface area (Å²) in [6.45, 7) is 5.33. The predicted molar refractivity (Wildman–Crippen MR) is 85.8 cm³/mol. The van der Waals surface area contributed by atoms with E-state index in [1.807, 2.05) is 4.90 Å². The van der Waals surface area contributed by atoms with E-state index in [9.17, 15) is 4.79 Å². The van der Waals surface area contributed by atoms with Crippen LogP contribution in [-0.4, -0.2) is 59.4 Å². The summed E-state index contributed by atoms with van der Waals surface area (Å²) in [5.74, 6) is 0.987. The zero-order valence-electron chi connectivity index (χ0n) is 12.6. The lowest BCUT2D eigenvalue weighted by Gasteiger charge is -2.35. The highest BCUT2D eigenvalue weighted by atomic mass is 32.1. The van der Waals surface area contributed by atoms with Gasteiger partial charge in [0.15, 0.2) is 0 Å². The first kappa shape index (κ1) is 14.2. The number of nitrogens with two attached hydrogens (primary N) is 1. The second-order valence-corrected chi connectivity index (χ2v) is 7.35. The molecule has 0 bridgehead atoms. The van der Waals surface area contributed by atoms with E-state index < -0.39 is 0 Å². The van der Waals surface area contributed by atoms with Crippen LogP contribution in [0.1, 0.15) is 19.3 Å². The summed E-state index contributed by atoms with van der Waals surface area (Å²) >= 11 is 1.33. The molecule has 1 aromatic heterocycles. The molecule has 1 atom stereocenters. The maximum atomic E-state index is 12.7. The third kappa shape index (κ3) is 2.44. The summed E-state index contributed by atoms with van der Waals surface area (Å²) in [7, 11) is 0. The van der Waals surface area contributed by atoms with Gasteiger partial charge in [0.1, 0.15) is 0 Å². The summed E-state index contributed by atoms with van der Waals surface area (Å²) < 4.78 is 4.02. The number of carbonyl (C=O) groups excluding carboxylic acids is 1. The van der Waals surface area contributed by atoms with Gasteiger partial charge in [-0.15, -0.1) is 0 Å². The van der Waals surface area contributed by atoms with Crippen LogP contribution in [0.3, 0.4) is 0 Å². The minimum absolute atomic E-state index is 0.276. The van der Waals surface area contributed by atoms with E-state index in [0.29, 0.717) is 17.3 Å². The van der Waals surface area contributed by atoms with E-state index in [-0.39, 0.29) is 5.92 Å². The first-order valence-corrected chi connectivity index (χ1v) is 8.79. The molecule has 1 amide bonds. The number of rotatable bonds is 2. The van der Waals surface area contributed by atoms with Crippen molar-refractivity contribution in [1.82, 2.24) is 19.6 Å². The van der Waals surface area contributed by atoms with Crippen molar-refractivity contribution < 1.29 is 4.79 Å². The molecular weight excluding hydrogens is 300 g/mol. The van der Waals surface area contributed by atoms with Crippen molar-refractivity contribution in [1.29, 1.82) is 0 Å². The van der Waals surface area contributed by atoms with Crippen LogP contribution in [0.5, 0.6) is 0 Å². The second-order valence-electron chi connectivity index (χ2n) is 6.62. The molecule has 2 aliphatic heterocycles. The highest BCUT2D eigenvalue weighted by Gasteiger charge is 2.58. The summed E-state index contributed by atoms with van der Waals surface area (Å²) in [5.41, 5.74) is 5.91. The lowest BCUT2D eigenvalue weighted by molar-refractivity contribution is -0.133. The lowest BCUT2D eigenvalue weighted by atomic mass is 9.91. The zero-order chi connectivity index (χ0) is 15.2. The standard InChI is InChI=1S/C14H22N6OS/c15-12-17-13(22-18-12)20-7-5-19(6-8-20)11(21)10-9-14(10)1-3-16-4-2-14/h10,16H,1-9H2,(H2,15,18). The quantitative estimate of drug-likeness (QED) is 0.806. The minimum atomic E-state index is 0.276. The maximum Gasteiger partial charge on any atom is 0.233 e. The van der Waals surface area contributed by atoms with Gasteiger partial charge >= 0.3 is 0 Å². The van der Waals surface area contributed by atoms with E-state index in [1.54, 1.807) is 0 Å². The zero-order valence-corrected chi connectivity index (χ0v) is 13.4. The van der Waals surface area contributed by atoms with E-state index >= 15 is 0 Å². The van der Waals surface area contributed by atoms with Crippen LogP contribution in [-0.2, 0) is 4.79 Å². The lowest BCUT2D eigenvalue weighted by Crippen LogP contribution is -2.49. The van der Waals surface area contributed by atoms with E-state index in [1.165, 1.54) is 11.5 Å². The molecule has 7 nitrogen and oxygen atoms in total. The van der Waals surface area contributed by atoms with Crippen molar-refractivity contribution in [3.05, 3.63) is 0 Å². The fourth-order valence-corrected chi connectivity index (χ4v) is 4.52. The molecule has 3 N–H and O–H groups in total. The summed E-state index contributed by atoms with van der Waals surface area (Å²) in [6, 6.07) is 0. The van der Waals surface area contributed by atoms with Crippen molar-refractivity contribution in [2.45, 2.75) is 19.3 Å². The van der Waals surface area contributed by atoms with Crippen LogP contribution in [0.15, 0.2) is 0 Å². The number of nitrogens with zero attached hydrogens (tertiary/aromatic N) is 4. The molecule has 0 aromatic carbocycles. The van der Waals surface area contributed by atoms with Crippen molar-refractivity contribution in [3.8, 4) is 0 Å². The van der Waals surface area contributed by atoms with Crippen molar-refractivity contribution in [3.63, 3.8) is 0 Å². The van der Waals surface area contributed by atoms with Gasteiger partial charge < -0.3 is 20.9 Å². The Morgan fingerprint density at radius 1 is 1.27 bits per heavy atom. The molecule has 1 saturated carbocycles. The molecule has 4 rings (SSSR count). The third-order valence-corrected chi connectivity index (χ3v) is 6.17. The number of nitrogens with one attached hydrogen (secondary N) is 1. The summed E-state index contributed by atoms with van der Waals surface area (Å²) in [4.78, 5) is 21.2. The van der Waals surface area contributed by atoms with Crippen molar-refractivity contribution in [2.75, 3.05) is 49.9 Å². The molecule has 22 heavy (non-hydrogen) atoms. The summed E-state index contributed by atoms with van der Waals surface area (Å²) in [6.07, 6.45) is 3.42. The SMILES string of the molecule is Nc1nsc(N2CCN(C(=O)C3CC34CCNCC4)CC2)n1. The Labute approximate surface area is 134 Å². The molecule has 1 aliphatic carbocycles. The van der Waals surface area contributed by atoms with Crippen LogP contribution >= 0.6 is 11.5 Å². The van der Waals surface area contributed by atoms with Gasteiger partial charge in [-0.2, -0.15) is 9.36 Å². The summed E-state index contributed by atoms with van der Waals surface area (Å²) in [5, 5.41) is 4.26. The van der Waals surface area contributed by atoms with Gasteiger partial charge in [0.05, 0.1) is 0 Å². The Balaban J connectivity index is 1.33. The highest BCUT2D eigenvalue weighted by Crippen LogP contribution is 2.59. The van der Waals surface area contributed by atoms with E-state index in [4.69, 9.17) is 5.73 Å². The van der Waals surface area contributed by atoms with Gasteiger partial charge in [-0.3, -0.25) is 4.79 Å². The highest BCUT2D eigenvalue weighted by molar-refractivity contribution is 7.09. The number of nitrogen functional groups attached to an aromatic ring is 1. The molecule has 1 aromatic rings. The number of carbonyl (C=O) groups is 1. The van der Waals surface area contributed by atoms with Crippen LogP contribution in [0.4, 0.5) is 11.1 Å². The molecule has 2 saturated heterocycles. The minimum Gasteiger partial charge on any atom is -0.367 e. The number of amides is 1. The molecule has 8 heteroatoms. The fraction of sp³-hybridized carbons (Fsp3) is 0.786. The number of hydrogen-bond donors (Lipinski definition) is 2. The average molecular weight is 322 g/mol. The smallest absolute Gasteiger partial charge is 0.233 e. The largest absolute Gasteiger partial charge is 0.367 e. The maximum absolute atomic E-state index is 12.7. The predicted octanol–water partition coefficient (Wildman–Crippen LogP) is 0.159. The van der Waals surface area contributed by atoms with Crippen LogP contribution in [0.2, 0.25) is 0 Å². The Hall–Kier alpha value is -1.41. The number of anilines is 2. The van der Waals surface area contributed by atoms with Gasteiger partial charge in [0, 0.05) is 43.6 Å². The molecular formula is C14H22N6OS. The van der Waals surface area contributed by atoms with Gasteiger partial charge in [-0.1, -0.05) is 0 Å². The van der Waals surface area contributed by atoms with Crippen LogP contribution in [0, 0.1) is 11.3 Å². The van der Waals surface area contributed by atoms with Crippen LogP contribution in [0.25, 0.3) is 0 Å². The molecule has 1 unspecified atom stereocenters. The molecule has 3 fully saturated rings. The third-order valence-electron chi connectivity index (χ3n) is 5.38. The van der Waals surface area contributed by atoms with Gasteiger partial charge in [-0.05, 0) is 37.8 Å². The Kier molecular flexibility index (Phi) is 3.45. The normalized spacial score (nSPS) is 27.2. The topological polar surface area (TPSA) is 87.4 Å². The first-order chi connectivity index (χ1) is 10.7. The van der Waals surface area contributed by atoms with Crippen molar-refractivity contribution in [2.24, 2.45) is 11.3 Å². The van der Waals surface area contributed by atoms with Crippen molar-refractivity contribution >= 4 is 28.5 Å². The monoisotopic (exact) mass is 322 g/mol. The van der Waals surface area contributed by atoms with E-state index in [0.717, 1.165) is 63.7 Å². The number of hydrogen-bond acceptors (Lipinski definition) is 7. The Bertz CT molecular complexity index is 561. The number of aromatic nitrogens is 2. The second kappa shape index (κ2) is 5.34. The van der Waals surface area contributed by atoms with Gasteiger partial charge in [0.25, 0.3) is 0 Å².